The molecule has 8 heteroatoms. The van der Waals surface area contributed by atoms with Crippen molar-refractivity contribution in [2.24, 2.45) is 7.05 Å². The van der Waals surface area contributed by atoms with Gasteiger partial charge in [-0.2, -0.15) is 5.10 Å². The van der Waals surface area contributed by atoms with Crippen molar-refractivity contribution in [3.8, 4) is 0 Å². The lowest BCUT2D eigenvalue weighted by Gasteiger charge is -2.07. The molecular weight excluding hydrogens is 286 g/mol. The predicted molar refractivity (Wildman–Crippen MR) is 80.9 cm³/mol. The van der Waals surface area contributed by atoms with Crippen LogP contribution in [0.3, 0.4) is 0 Å². The van der Waals surface area contributed by atoms with Gasteiger partial charge < -0.3 is 10.6 Å². The van der Waals surface area contributed by atoms with Crippen LogP contribution in [0.1, 0.15) is 23.2 Å². The van der Waals surface area contributed by atoms with E-state index in [1.54, 1.807) is 36.1 Å². The third kappa shape index (κ3) is 3.05. The molecule has 1 saturated carbocycles. The van der Waals surface area contributed by atoms with Crippen LogP contribution in [0, 0.1) is 10.1 Å². The first kappa shape index (κ1) is 14.1. The van der Waals surface area contributed by atoms with Crippen LogP contribution in [0.15, 0.2) is 30.5 Å². The third-order valence-electron chi connectivity index (χ3n) is 3.35. The Balaban J connectivity index is 1.82. The van der Waals surface area contributed by atoms with E-state index in [1.165, 1.54) is 6.07 Å². The number of carbonyl (C=O) groups excluding carboxylic acids is 1. The SMILES string of the molecule is Cn1ccc(NC(=O)c2ccc(NC3CC3)c([N+](=O)[O-])c2)n1. The minimum absolute atomic E-state index is 0.0967. The second-order valence-electron chi connectivity index (χ2n) is 5.24. The van der Waals surface area contributed by atoms with Crippen LogP contribution in [0.25, 0.3) is 0 Å². The minimum Gasteiger partial charge on any atom is -0.377 e. The second kappa shape index (κ2) is 5.47. The quantitative estimate of drug-likeness (QED) is 0.650. The molecule has 22 heavy (non-hydrogen) atoms. The van der Waals surface area contributed by atoms with Crippen LogP contribution in [0.5, 0.6) is 0 Å². The molecule has 1 aromatic heterocycles. The number of aryl methyl sites for hydroxylation is 1. The highest BCUT2D eigenvalue weighted by Gasteiger charge is 2.25. The fourth-order valence-electron chi connectivity index (χ4n) is 2.06. The molecule has 2 aromatic rings. The number of hydrogen-bond donors (Lipinski definition) is 2. The minimum atomic E-state index is -0.484. The Kier molecular flexibility index (Phi) is 3.50. The number of carbonyl (C=O) groups is 1. The second-order valence-corrected chi connectivity index (χ2v) is 5.24. The number of nitrogens with zero attached hydrogens (tertiary/aromatic N) is 3. The molecule has 0 radical (unpaired) electrons. The highest BCUT2D eigenvalue weighted by atomic mass is 16.6. The van der Waals surface area contributed by atoms with Crippen molar-refractivity contribution >= 4 is 23.1 Å². The Labute approximate surface area is 126 Å². The number of amides is 1. The van der Waals surface area contributed by atoms with Gasteiger partial charge in [-0.1, -0.05) is 0 Å². The van der Waals surface area contributed by atoms with Gasteiger partial charge in [0.1, 0.15) is 5.69 Å². The van der Waals surface area contributed by atoms with E-state index in [1.807, 2.05) is 0 Å². The Hall–Kier alpha value is -2.90. The van der Waals surface area contributed by atoms with E-state index in [4.69, 9.17) is 0 Å². The maximum atomic E-state index is 12.1. The molecule has 0 spiro atoms. The number of anilines is 2. The van der Waals surface area contributed by atoms with E-state index >= 15 is 0 Å². The fraction of sp³-hybridized carbons (Fsp3) is 0.286. The molecule has 0 saturated heterocycles. The largest absolute Gasteiger partial charge is 0.377 e. The third-order valence-corrected chi connectivity index (χ3v) is 3.35. The summed E-state index contributed by atoms with van der Waals surface area (Å²) in [7, 11) is 1.73. The summed E-state index contributed by atoms with van der Waals surface area (Å²) in [5, 5.41) is 20.9. The van der Waals surface area contributed by atoms with Crippen molar-refractivity contribution in [1.29, 1.82) is 0 Å². The topological polar surface area (TPSA) is 102 Å². The normalized spacial score (nSPS) is 13.7. The van der Waals surface area contributed by atoms with Gasteiger partial charge >= 0.3 is 0 Å². The highest BCUT2D eigenvalue weighted by molar-refractivity contribution is 6.04. The molecule has 114 valence electrons. The van der Waals surface area contributed by atoms with Crippen LogP contribution in [0.2, 0.25) is 0 Å². The van der Waals surface area contributed by atoms with Crippen LogP contribution < -0.4 is 10.6 Å². The lowest BCUT2D eigenvalue weighted by atomic mass is 10.1. The van der Waals surface area contributed by atoms with Gasteiger partial charge in [0.2, 0.25) is 0 Å². The molecule has 2 N–H and O–H groups in total. The molecule has 1 fully saturated rings. The van der Waals surface area contributed by atoms with Crippen molar-refractivity contribution < 1.29 is 9.72 Å². The first-order chi connectivity index (χ1) is 10.5. The molecule has 8 nitrogen and oxygen atoms in total. The van der Waals surface area contributed by atoms with E-state index < -0.39 is 10.8 Å². The van der Waals surface area contributed by atoms with Gasteiger partial charge in [-0.25, -0.2) is 0 Å². The summed E-state index contributed by atoms with van der Waals surface area (Å²) in [5.41, 5.74) is 0.571. The first-order valence-electron chi connectivity index (χ1n) is 6.89. The van der Waals surface area contributed by atoms with Gasteiger partial charge in [-0.15, -0.1) is 0 Å². The van der Waals surface area contributed by atoms with Crippen LogP contribution in [-0.4, -0.2) is 26.7 Å². The summed E-state index contributed by atoms with van der Waals surface area (Å²) in [5.74, 6) is -0.0323. The zero-order chi connectivity index (χ0) is 15.7. The van der Waals surface area contributed by atoms with E-state index in [0.717, 1.165) is 12.8 Å². The summed E-state index contributed by atoms with van der Waals surface area (Å²) in [4.78, 5) is 22.8. The maximum absolute atomic E-state index is 12.1. The lowest BCUT2D eigenvalue weighted by molar-refractivity contribution is -0.384. The molecular formula is C14H15N5O3. The Morgan fingerprint density at radius 2 is 2.18 bits per heavy atom. The maximum Gasteiger partial charge on any atom is 0.293 e. The molecule has 0 unspecified atom stereocenters. The zero-order valence-electron chi connectivity index (χ0n) is 11.9. The van der Waals surface area contributed by atoms with Crippen LogP contribution >= 0.6 is 0 Å². The highest BCUT2D eigenvalue weighted by Crippen LogP contribution is 2.31. The Morgan fingerprint density at radius 1 is 1.41 bits per heavy atom. The average molecular weight is 301 g/mol. The van der Waals surface area contributed by atoms with Crippen molar-refractivity contribution in [3.05, 3.63) is 46.1 Å². The van der Waals surface area contributed by atoms with Gasteiger partial charge in [-0.3, -0.25) is 19.6 Å². The van der Waals surface area contributed by atoms with Crippen molar-refractivity contribution in [2.45, 2.75) is 18.9 Å². The molecule has 1 aliphatic carbocycles. The molecule has 1 aromatic carbocycles. The van der Waals surface area contributed by atoms with Gasteiger partial charge in [0.05, 0.1) is 4.92 Å². The van der Waals surface area contributed by atoms with Gasteiger partial charge in [0.15, 0.2) is 5.82 Å². The van der Waals surface area contributed by atoms with Crippen LogP contribution in [0.4, 0.5) is 17.2 Å². The average Bonchev–Trinajstić information content (AvgIpc) is 3.20. The predicted octanol–water partition coefficient (Wildman–Crippen LogP) is 2.15. The number of nitro groups is 1. The zero-order valence-corrected chi connectivity index (χ0v) is 11.9. The molecule has 0 aliphatic heterocycles. The van der Waals surface area contributed by atoms with Gasteiger partial charge in [0.25, 0.3) is 11.6 Å². The van der Waals surface area contributed by atoms with Crippen molar-refractivity contribution in [1.82, 2.24) is 9.78 Å². The number of nitrogens with one attached hydrogen (secondary N) is 2. The number of hydrogen-bond acceptors (Lipinski definition) is 5. The first-order valence-corrected chi connectivity index (χ1v) is 6.89. The summed E-state index contributed by atoms with van der Waals surface area (Å²) >= 11 is 0. The molecule has 3 rings (SSSR count). The Morgan fingerprint density at radius 3 is 2.77 bits per heavy atom. The molecule has 0 bridgehead atoms. The fourth-order valence-corrected chi connectivity index (χ4v) is 2.06. The number of rotatable bonds is 5. The summed E-state index contributed by atoms with van der Waals surface area (Å²) in [6, 6.07) is 6.37. The van der Waals surface area contributed by atoms with E-state index in [2.05, 4.69) is 15.7 Å². The summed E-state index contributed by atoms with van der Waals surface area (Å²) < 4.78 is 1.56. The Bertz CT molecular complexity index is 736. The lowest BCUT2D eigenvalue weighted by Crippen LogP contribution is -2.13. The van der Waals surface area contributed by atoms with Gasteiger partial charge in [0, 0.05) is 37.0 Å². The smallest absolute Gasteiger partial charge is 0.293 e. The number of benzene rings is 1. The standard InChI is InChI=1S/C14H15N5O3/c1-18-7-6-13(17-18)16-14(20)9-2-5-11(15-10-3-4-10)12(8-9)19(21)22/h2,5-8,10,15H,3-4H2,1H3,(H,16,17,20). The van der Waals surface area contributed by atoms with Crippen molar-refractivity contribution in [3.63, 3.8) is 0 Å². The molecule has 0 atom stereocenters. The van der Waals surface area contributed by atoms with E-state index in [-0.39, 0.29) is 11.3 Å². The van der Waals surface area contributed by atoms with E-state index in [0.29, 0.717) is 17.5 Å². The molecule has 1 heterocycles. The van der Waals surface area contributed by atoms with Crippen LogP contribution in [-0.2, 0) is 7.05 Å². The number of nitro benzene ring substituents is 1. The molecule has 1 amide bonds. The number of aromatic nitrogens is 2. The summed E-state index contributed by atoms with van der Waals surface area (Å²) in [6.07, 6.45) is 3.72. The summed E-state index contributed by atoms with van der Waals surface area (Å²) in [6.45, 7) is 0. The van der Waals surface area contributed by atoms with Crippen molar-refractivity contribution in [2.75, 3.05) is 10.6 Å². The molecule has 1 aliphatic rings. The van der Waals surface area contributed by atoms with Gasteiger partial charge in [-0.05, 0) is 25.0 Å². The van der Waals surface area contributed by atoms with E-state index in [9.17, 15) is 14.9 Å². The monoisotopic (exact) mass is 301 g/mol.